The van der Waals surface area contributed by atoms with E-state index in [4.69, 9.17) is 9.84 Å². The van der Waals surface area contributed by atoms with Crippen LogP contribution in [0.25, 0.3) is 0 Å². The molecule has 0 aromatic carbocycles. The summed E-state index contributed by atoms with van der Waals surface area (Å²) in [4.78, 5) is 0. The van der Waals surface area contributed by atoms with Gasteiger partial charge in [0.15, 0.2) is 6.17 Å². The van der Waals surface area contributed by atoms with Crippen molar-refractivity contribution in [3.63, 3.8) is 0 Å². The Balaban J connectivity index is 2.54. The van der Waals surface area contributed by atoms with Gasteiger partial charge in [0.05, 0.1) is 12.2 Å². The number of halogens is 1. The zero-order valence-electron chi connectivity index (χ0n) is 5.54. The second-order valence-corrected chi connectivity index (χ2v) is 2.48. The molecule has 4 unspecified atom stereocenters. The number of aliphatic hydroxyl groups excluding tert-OH is 1. The van der Waals surface area contributed by atoms with E-state index in [-0.39, 0.29) is 6.10 Å². The molecule has 4 atom stereocenters. The third-order valence-electron chi connectivity index (χ3n) is 1.68. The van der Waals surface area contributed by atoms with Gasteiger partial charge in [0.25, 0.3) is 0 Å². The first-order valence-corrected chi connectivity index (χ1v) is 3.10. The minimum absolute atomic E-state index is 0.352. The predicted molar refractivity (Wildman–Crippen MR) is 30.9 cm³/mol. The molecular weight excluding hydrogens is 123 g/mol. The smallest absolute Gasteiger partial charge is 0.154 e. The van der Waals surface area contributed by atoms with Crippen molar-refractivity contribution in [2.45, 2.75) is 38.3 Å². The van der Waals surface area contributed by atoms with Crippen LogP contribution in [0.5, 0.6) is 0 Å². The third-order valence-corrected chi connectivity index (χ3v) is 1.68. The number of aliphatic hydroxyl groups is 1. The van der Waals surface area contributed by atoms with Gasteiger partial charge in [0, 0.05) is 0 Å². The van der Waals surface area contributed by atoms with E-state index >= 15 is 0 Å². The standard InChI is InChI=1S/C6H11FO2/c1-3-5(7)6(8)4(2)9-3/h3-6,8H,1-2H3. The van der Waals surface area contributed by atoms with Gasteiger partial charge in [0.2, 0.25) is 0 Å². The van der Waals surface area contributed by atoms with Crippen LogP contribution in [0.4, 0.5) is 4.39 Å². The van der Waals surface area contributed by atoms with E-state index in [1.54, 1.807) is 13.8 Å². The molecule has 0 aromatic heterocycles. The van der Waals surface area contributed by atoms with E-state index in [2.05, 4.69) is 0 Å². The third kappa shape index (κ3) is 1.07. The molecule has 1 aliphatic rings. The molecule has 1 heterocycles. The van der Waals surface area contributed by atoms with E-state index in [9.17, 15) is 4.39 Å². The molecule has 0 bridgehead atoms. The lowest BCUT2D eigenvalue weighted by atomic mass is 10.1. The fourth-order valence-electron chi connectivity index (χ4n) is 1.03. The molecule has 1 rings (SSSR count). The molecule has 9 heavy (non-hydrogen) atoms. The molecule has 1 N–H and O–H groups in total. The molecule has 0 aliphatic carbocycles. The van der Waals surface area contributed by atoms with Crippen LogP contribution >= 0.6 is 0 Å². The lowest BCUT2D eigenvalue weighted by molar-refractivity contribution is 0.0287. The minimum atomic E-state index is -1.21. The largest absolute Gasteiger partial charge is 0.387 e. The summed E-state index contributed by atoms with van der Waals surface area (Å²) >= 11 is 0. The summed E-state index contributed by atoms with van der Waals surface area (Å²) in [6, 6.07) is 0. The van der Waals surface area contributed by atoms with Crippen molar-refractivity contribution >= 4 is 0 Å². The molecule has 0 saturated carbocycles. The number of alkyl halides is 1. The Morgan fingerprint density at radius 3 is 2.00 bits per heavy atom. The number of rotatable bonds is 0. The van der Waals surface area contributed by atoms with Crippen LogP contribution in [0.1, 0.15) is 13.8 Å². The maximum atomic E-state index is 12.6. The van der Waals surface area contributed by atoms with Crippen molar-refractivity contribution in [3.8, 4) is 0 Å². The summed E-state index contributed by atoms with van der Waals surface area (Å²) in [5.41, 5.74) is 0. The average Bonchev–Trinajstić information content (AvgIpc) is 1.98. The van der Waals surface area contributed by atoms with Crippen LogP contribution in [0.2, 0.25) is 0 Å². The lowest BCUT2D eigenvalue weighted by Crippen LogP contribution is -2.26. The van der Waals surface area contributed by atoms with Crippen LogP contribution in [0.15, 0.2) is 0 Å². The van der Waals surface area contributed by atoms with Crippen molar-refractivity contribution in [3.05, 3.63) is 0 Å². The SMILES string of the molecule is CC1OC(C)C(F)C1O. The number of ether oxygens (including phenoxy) is 1. The van der Waals surface area contributed by atoms with E-state index in [1.165, 1.54) is 0 Å². The van der Waals surface area contributed by atoms with Crippen LogP contribution in [0, 0.1) is 0 Å². The number of hydrogen-bond acceptors (Lipinski definition) is 2. The van der Waals surface area contributed by atoms with Gasteiger partial charge in [-0.3, -0.25) is 0 Å². The highest BCUT2D eigenvalue weighted by Gasteiger charge is 2.38. The topological polar surface area (TPSA) is 29.5 Å². The second kappa shape index (κ2) is 2.23. The Labute approximate surface area is 53.6 Å². The van der Waals surface area contributed by atoms with Crippen LogP contribution in [-0.2, 0) is 4.74 Å². The fourth-order valence-corrected chi connectivity index (χ4v) is 1.03. The van der Waals surface area contributed by atoms with Crippen molar-refractivity contribution in [2.24, 2.45) is 0 Å². The first-order chi connectivity index (χ1) is 4.13. The molecule has 1 fully saturated rings. The van der Waals surface area contributed by atoms with Crippen LogP contribution < -0.4 is 0 Å². The second-order valence-electron chi connectivity index (χ2n) is 2.48. The first-order valence-electron chi connectivity index (χ1n) is 3.10. The van der Waals surface area contributed by atoms with Crippen LogP contribution in [-0.4, -0.2) is 29.6 Å². The van der Waals surface area contributed by atoms with Gasteiger partial charge in [-0.1, -0.05) is 0 Å². The summed E-state index contributed by atoms with van der Waals surface area (Å²) in [5.74, 6) is 0. The van der Waals surface area contributed by atoms with Crippen molar-refractivity contribution in [1.29, 1.82) is 0 Å². The summed E-state index contributed by atoms with van der Waals surface area (Å²) in [7, 11) is 0. The Kier molecular flexibility index (Phi) is 1.73. The molecule has 0 radical (unpaired) electrons. The molecule has 1 saturated heterocycles. The maximum absolute atomic E-state index is 12.6. The highest BCUT2D eigenvalue weighted by Crippen LogP contribution is 2.22. The highest BCUT2D eigenvalue weighted by atomic mass is 19.1. The van der Waals surface area contributed by atoms with Crippen LogP contribution in [0.3, 0.4) is 0 Å². The van der Waals surface area contributed by atoms with Crippen molar-refractivity contribution < 1.29 is 14.2 Å². The van der Waals surface area contributed by atoms with Gasteiger partial charge in [-0.05, 0) is 13.8 Å². The molecule has 54 valence electrons. The summed E-state index contributed by atoms with van der Waals surface area (Å²) in [6.07, 6.45) is -2.94. The Hall–Kier alpha value is -0.150. The normalized spacial score (nSPS) is 52.0. The Morgan fingerprint density at radius 2 is 1.89 bits per heavy atom. The molecular formula is C6H11FO2. The zero-order chi connectivity index (χ0) is 7.02. The molecule has 1 aliphatic heterocycles. The molecule has 0 spiro atoms. The van der Waals surface area contributed by atoms with E-state index in [1.807, 2.05) is 0 Å². The number of hydrogen-bond donors (Lipinski definition) is 1. The summed E-state index contributed by atoms with van der Waals surface area (Å²) < 4.78 is 17.5. The predicted octanol–water partition coefficient (Wildman–Crippen LogP) is 0.493. The van der Waals surface area contributed by atoms with E-state index in [0.29, 0.717) is 0 Å². The summed E-state index contributed by atoms with van der Waals surface area (Å²) in [6.45, 7) is 3.29. The zero-order valence-corrected chi connectivity index (χ0v) is 5.54. The van der Waals surface area contributed by atoms with Gasteiger partial charge in [0.1, 0.15) is 6.10 Å². The van der Waals surface area contributed by atoms with Gasteiger partial charge >= 0.3 is 0 Å². The first kappa shape index (κ1) is 6.96. The van der Waals surface area contributed by atoms with Gasteiger partial charge < -0.3 is 9.84 Å². The summed E-state index contributed by atoms with van der Waals surface area (Å²) in [5, 5.41) is 8.94. The van der Waals surface area contributed by atoms with E-state index < -0.39 is 18.4 Å². The highest BCUT2D eigenvalue weighted by molar-refractivity contribution is 4.85. The average molecular weight is 134 g/mol. The monoisotopic (exact) mass is 134 g/mol. The quantitative estimate of drug-likeness (QED) is 0.522. The van der Waals surface area contributed by atoms with Gasteiger partial charge in [-0.2, -0.15) is 0 Å². The molecule has 0 amide bonds. The Morgan fingerprint density at radius 1 is 1.33 bits per heavy atom. The fraction of sp³-hybridized carbons (Fsp3) is 1.00. The Bertz CT molecular complexity index is 95.2. The van der Waals surface area contributed by atoms with Gasteiger partial charge in [-0.15, -0.1) is 0 Å². The lowest BCUT2D eigenvalue weighted by Gasteiger charge is -2.05. The van der Waals surface area contributed by atoms with Crippen molar-refractivity contribution in [2.75, 3.05) is 0 Å². The molecule has 2 nitrogen and oxygen atoms in total. The maximum Gasteiger partial charge on any atom is 0.154 e. The molecule has 0 aromatic rings. The van der Waals surface area contributed by atoms with Crippen molar-refractivity contribution in [1.82, 2.24) is 0 Å². The minimum Gasteiger partial charge on any atom is -0.387 e. The molecule has 3 heteroatoms. The van der Waals surface area contributed by atoms with E-state index in [0.717, 1.165) is 0 Å². The van der Waals surface area contributed by atoms with Gasteiger partial charge in [-0.25, -0.2) is 4.39 Å².